The molecule has 0 radical (unpaired) electrons. The summed E-state index contributed by atoms with van der Waals surface area (Å²) in [5.74, 6) is -0.214. The maximum atomic E-state index is 12.5. The molecule has 0 aromatic heterocycles. The number of rotatable bonds is 2. The van der Waals surface area contributed by atoms with Crippen LogP contribution in [0, 0.1) is 20.8 Å². The number of halogens is 1. The van der Waals surface area contributed by atoms with Gasteiger partial charge in [0.15, 0.2) is 5.78 Å². The van der Waals surface area contributed by atoms with E-state index in [1.54, 1.807) is 13.8 Å². The van der Waals surface area contributed by atoms with Crippen LogP contribution in [-0.2, 0) is 14.8 Å². The van der Waals surface area contributed by atoms with Gasteiger partial charge in [-0.05, 0) is 66.1 Å². The van der Waals surface area contributed by atoms with Crippen molar-refractivity contribution in [2.45, 2.75) is 25.7 Å². The number of carbonyl (C=O) groups is 1. The lowest BCUT2D eigenvalue weighted by atomic mass is 10.1. The van der Waals surface area contributed by atoms with Gasteiger partial charge in [-0.3, -0.25) is 4.79 Å². The number of sulfonamides is 1. The molecule has 2 rings (SSSR count). The van der Waals surface area contributed by atoms with Crippen LogP contribution in [0.25, 0.3) is 0 Å². The number of hydrogen-bond acceptors (Lipinski definition) is 3. The Morgan fingerprint density at radius 2 is 1.62 bits per heavy atom. The molecule has 1 aliphatic carbocycles. The summed E-state index contributed by atoms with van der Waals surface area (Å²) in [5.41, 5.74) is 2.55. The molecule has 1 aromatic rings. The first-order valence-corrected chi connectivity index (χ1v) is 8.46. The monoisotopic (exact) mass is 367 g/mol. The van der Waals surface area contributed by atoms with E-state index in [1.807, 2.05) is 19.1 Å². The van der Waals surface area contributed by atoms with Gasteiger partial charge in [-0.2, -0.15) is 12.8 Å². The molecule has 0 fully saturated rings. The molecule has 0 atom stereocenters. The molecule has 0 amide bonds. The van der Waals surface area contributed by atoms with Crippen molar-refractivity contribution in [3.05, 3.63) is 51.5 Å². The van der Waals surface area contributed by atoms with Crippen LogP contribution in [0.3, 0.4) is 0 Å². The van der Waals surface area contributed by atoms with Crippen LogP contribution in [0.5, 0.6) is 0 Å². The van der Waals surface area contributed by atoms with Crippen molar-refractivity contribution in [3.8, 4) is 0 Å². The molecule has 0 heterocycles. The second-order valence-electron chi connectivity index (χ2n) is 4.91. The third kappa shape index (κ3) is 3.39. The van der Waals surface area contributed by atoms with E-state index in [0.29, 0.717) is 11.1 Å². The summed E-state index contributed by atoms with van der Waals surface area (Å²) in [5, 5.41) is 0. The standard InChI is InChI=1S/C15H14BrNO3S/c1-9-6-10(2)15(11(3)7-9)21(19,20)17-12-4-5-14(18)13(16)8-12/h4-8H,1-3H3/b17-12+. The minimum absolute atomic E-state index is 0.214. The van der Waals surface area contributed by atoms with Crippen LogP contribution in [0.4, 0.5) is 0 Å². The van der Waals surface area contributed by atoms with Crippen molar-refractivity contribution < 1.29 is 13.2 Å². The molecular weight excluding hydrogens is 354 g/mol. The van der Waals surface area contributed by atoms with Gasteiger partial charge in [-0.15, -0.1) is 0 Å². The van der Waals surface area contributed by atoms with Crippen molar-refractivity contribution in [1.82, 2.24) is 0 Å². The van der Waals surface area contributed by atoms with Gasteiger partial charge in [0.2, 0.25) is 0 Å². The molecule has 0 N–H and O–H groups in total. The summed E-state index contributed by atoms with van der Waals surface area (Å²) < 4.78 is 29.1. The lowest BCUT2D eigenvalue weighted by Gasteiger charge is -2.10. The first kappa shape index (κ1) is 15.9. The number of benzene rings is 1. The highest BCUT2D eigenvalue weighted by Crippen LogP contribution is 2.24. The Kier molecular flexibility index (Phi) is 4.30. The number of aryl methyl sites for hydroxylation is 3. The second kappa shape index (κ2) is 5.69. The maximum absolute atomic E-state index is 12.5. The Balaban J connectivity index is 2.55. The fraction of sp³-hybridized carbons (Fsp3) is 0.200. The molecule has 0 spiro atoms. The highest BCUT2D eigenvalue weighted by molar-refractivity contribution is 9.12. The predicted octanol–water partition coefficient (Wildman–Crippen LogP) is 3.16. The average Bonchev–Trinajstić information content (AvgIpc) is 2.31. The van der Waals surface area contributed by atoms with Gasteiger partial charge in [0.05, 0.1) is 15.1 Å². The molecule has 0 aliphatic heterocycles. The first-order chi connectivity index (χ1) is 9.70. The fourth-order valence-electron chi connectivity index (χ4n) is 2.30. The zero-order valence-electron chi connectivity index (χ0n) is 11.8. The van der Waals surface area contributed by atoms with Crippen molar-refractivity contribution in [3.63, 3.8) is 0 Å². The Hall–Kier alpha value is -1.53. The Morgan fingerprint density at radius 3 is 2.14 bits per heavy atom. The molecular formula is C15H14BrNO3S. The molecule has 4 nitrogen and oxygen atoms in total. The van der Waals surface area contributed by atoms with E-state index in [2.05, 4.69) is 20.3 Å². The summed E-state index contributed by atoms with van der Waals surface area (Å²) in [6.45, 7) is 5.41. The van der Waals surface area contributed by atoms with E-state index in [-0.39, 0.29) is 20.9 Å². The Labute approximate surface area is 132 Å². The fourth-order valence-corrected chi connectivity index (χ4v) is 4.09. The maximum Gasteiger partial charge on any atom is 0.283 e. The number of nitrogens with zero attached hydrogens (tertiary/aromatic N) is 1. The SMILES string of the molecule is Cc1cc(C)c(S(=O)(=O)/N=C2\C=CC(=O)C(Br)=C2)c(C)c1. The van der Waals surface area contributed by atoms with Crippen molar-refractivity contribution in [1.29, 1.82) is 0 Å². The van der Waals surface area contributed by atoms with Gasteiger partial charge in [-0.25, -0.2) is 0 Å². The molecule has 0 bridgehead atoms. The topological polar surface area (TPSA) is 63.6 Å². The average molecular weight is 368 g/mol. The van der Waals surface area contributed by atoms with E-state index in [0.717, 1.165) is 5.56 Å². The van der Waals surface area contributed by atoms with Gasteiger partial charge in [-0.1, -0.05) is 17.7 Å². The van der Waals surface area contributed by atoms with Gasteiger partial charge in [0.1, 0.15) is 0 Å². The summed E-state index contributed by atoms with van der Waals surface area (Å²) in [4.78, 5) is 11.5. The van der Waals surface area contributed by atoms with Crippen LogP contribution >= 0.6 is 15.9 Å². The lowest BCUT2D eigenvalue weighted by Crippen LogP contribution is -2.09. The quantitative estimate of drug-likeness (QED) is 0.754. The number of hydrogen-bond donors (Lipinski definition) is 0. The minimum Gasteiger partial charge on any atom is -0.289 e. The molecule has 0 saturated carbocycles. The normalized spacial score (nSPS) is 17.2. The van der Waals surface area contributed by atoms with Crippen molar-refractivity contribution in [2.75, 3.05) is 0 Å². The Bertz CT molecular complexity index is 794. The zero-order chi connectivity index (χ0) is 15.8. The van der Waals surface area contributed by atoms with Gasteiger partial charge in [0.25, 0.3) is 10.0 Å². The Morgan fingerprint density at radius 1 is 1.05 bits per heavy atom. The lowest BCUT2D eigenvalue weighted by molar-refractivity contribution is -0.110. The molecule has 1 aliphatic rings. The van der Waals surface area contributed by atoms with E-state index in [4.69, 9.17) is 0 Å². The summed E-state index contributed by atoms with van der Waals surface area (Å²) >= 11 is 3.08. The van der Waals surface area contributed by atoms with Crippen LogP contribution in [0.15, 0.2) is 44.1 Å². The highest BCUT2D eigenvalue weighted by Gasteiger charge is 2.20. The van der Waals surface area contributed by atoms with Crippen LogP contribution in [0.2, 0.25) is 0 Å². The molecule has 0 saturated heterocycles. The van der Waals surface area contributed by atoms with Crippen molar-refractivity contribution in [2.24, 2.45) is 4.40 Å². The van der Waals surface area contributed by atoms with Crippen LogP contribution < -0.4 is 0 Å². The third-order valence-electron chi connectivity index (χ3n) is 3.00. The zero-order valence-corrected chi connectivity index (χ0v) is 14.2. The van der Waals surface area contributed by atoms with Gasteiger partial charge in [0, 0.05) is 0 Å². The summed E-state index contributed by atoms with van der Waals surface area (Å²) in [6, 6.07) is 3.62. The number of allylic oxidation sites excluding steroid dienone is 4. The third-order valence-corrected chi connectivity index (χ3v) is 5.23. The smallest absolute Gasteiger partial charge is 0.283 e. The molecule has 0 unspecified atom stereocenters. The summed E-state index contributed by atoms with van der Waals surface area (Å²) in [6.07, 6.45) is 4.08. The van der Waals surface area contributed by atoms with E-state index in [1.165, 1.54) is 18.2 Å². The largest absolute Gasteiger partial charge is 0.289 e. The van der Waals surface area contributed by atoms with Crippen LogP contribution in [-0.4, -0.2) is 19.9 Å². The van der Waals surface area contributed by atoms with Gasteiger partial charge >= 0.3 is 0 Å². The van der Waals surface area contributed by atoms with E-state index >= 15 is 0 Å². The molecule has 21 heavy (non-hydrogen) atoms. The molecule has 110 valence electrons. The van der Waals surface area contributed by atoms with E-state index < -0.39 is 10.0 Å². The molecule has 1 aromatic carbocycles. The second-order valence-corrected chi connectivity index (χ2v) is 7.30. The van der Waals surface area contributed by atoms with Crippen molar-refractivity contribution >= 4 is 37.4 Å². The van der Waals surface area contributed by atoms with Crippen LogP contribution in [0.1, 0.15) is 16.7 Å². The number of ketones is 1. The molecule has 6 heteroatoms. The van der Waals surface area contributed by atoms with E-state index in [9.17, 15) is 13.2 Å². The summed E-state index contributed by atoms with van der Waals surface area (Å²) in [7, 11) is -3.82. The predicted molar refractivity (Wildman–Crippen MR) is 86.4 cm³/mol. The first-order valence-electron chi connectivity index (χ1n) is 6.23. The highest BCUT2D eigenvalue weighted by atomic mass is 79.9. The minimum atomic E-state index is -3.82. The van der Waals surface area contributed by atoms with Gasteiger partial charge < -0.3 is 0 Å². The number of carbonyl (C=O) groups excluding carboxylic acids is 1.